The SMILES string of the molecule is CC(N(C)Cc1ccc(Cl)nc1)C(C)(C)C. The summed E-state index contributed by atoms with van der Waals surface area (Å²) < 4.78 is 0. The van der Waals surface area contributed by atoms with E-state index >= 15 is 0 Å². The molecule has 0 bridgehead atoms. The van der Waals surface area contributed by atoms with Crippen LogP contribution in [0, 0.1) is 5.41 Å². The van der Waals surface area contributed by atoms with Gasteiger partial charge in [-0.3, -0.25) is 4.90 Å². The maximum Gasteiger partial charge on any atom is 0.129 e. The third-order valence-electron chi connectivity index (χ3n) is 3.14. The topological polar surface area (TPSA) is 16.1 Å². The van der Waals surface area contributed by atoms with Gasteiger partial charge in [-0.1, -0.05) is 38.4 Å². The zero-order valence-electron chi connectivity index (χ0n) is 10.8. The molecule has 3 heteroatoms. The molecule has 1 aromatic heterocycles. The summed E-state index contributed by atoms with van der Waals surface area (Å²) in [6, 6.07) is 4.39. The van der Waals surface area contributed by atoms with Crippen LogP contribution in [0.2, 0.25) is 5.15 Å². The van der Waals surface area contributed by atoms with Crippen molar-refractivity contribution in [3.05, 3.63) is 29.0 Å². The van der Waals surface area contributed by atoms with Gasteiger partial charge in [-0.2, -0.15) is 0 Å². The van der Waals surface area contributed by atoms with Gasteiger partial charge in [0.05, 0.1) is 0 Å². The molecule has 0 saturated carbocycles. The Morgan fingerprint density at radius 2 is 2.00 bits per heavy atom. The minimum absolute atomic E-state index is 0.286. The first-order valence-corrected chi connectivity index (χ1v) is 5.99. The van der Waals surface area contributed by atoms with Crippen molar-refractivity contribution in [2.45, 2.75) is 40.3 Å². The zero-order chi connectivity index (χ0) is 12.3. The van der Waals surface area contributed by atoms with Crippen molar-refractivity contribution in [1.29, 1.82) is 0 Å². The summed E-state index contributed by atoms with van der Waals surface area (Å²) in [6.07, 6.45) is 1.84. The molecule has 1 unspecified atom stereocenters. The van der Waals surface area contributed by atoms with Gasteiger partial charge < -0.3 is 0 Å². The van der Waals surface area contributed by atoms with Gasteiger partial charge in [0, 0.05) is 18.8 Å². The van der Waals surface area contributed by atoms with Crippen LogP contribution in [0.5, 0.6) is 0 Å². The minimum Gasteiger partial charge on any atom is -0.299 e. The van der Waals surface area contributed by atoms with E-state index in [1.54, 1.807) is 0 Å². The van der Waals surface area contributed by atoms with Crippen LogP contribution in [-0.4, -0.2) is 23.0 Å². The Labute approximate surface area is 104 Å². The van der Waals surface area contributed by atoms with Gasteiger partial charge >= 0.3 is 0 Å². The van der Waals surface area contributed by atoms with Crippen LogP contribution < -0.4 is 0 Å². The van der Waals surface area contributed by atoms with E-state index in [1.807, 2.05) is 18.3 Å². The van der Waals surface area contributed by atoms with Crippen molar-refractivity contribution >= 4 is 11.6 Å². The summed E-state index contributed by atoms with van der Waals surface area (Å²) in [5.74, 6) is 0. The van der Waals surface area contributed by atoms with Gasteiger partial charge in [0.1, 0.15) is 5.15 Å². The second kappa shape index (κ2) is 5.15. The number of hydrogen-bond donors (Lipinski definition) is 0. The molecule has 0 aliphatic heterocycles. The maximum atomic E-state index is 5.76. The normalized spacial score (nSPS) is 14.2. The fourth-order valence-electron chi connectivity index (χ4n) is 1.59. The second-order valence-electron chi connectivity index (χ2n) is 5.45. The molecular formula is C13H21ClN2. The van der Waals surface area contributed by atoms with Gasteiger partial charge in [0.25, 0.3) is 0 Å². The highest BCUT2D eigenvalue weighted by atomic mass is 35.5. The van der Waals surface area contributed by atoms with Gasteiger partial charge in [-0.05, 0) is 31.0 Å². The minimum atomic E-state index is 0.286. The first kappa shape index (κ1) is 13.5. The highest BCUT2D eigenvalue weighted by Gasteiger charge is 2.23. The van der Waals surface area contributed by atoms with Crippen LogP contribution in [0.3, 0.4) is 0 Å². The zero-order valence-corrected chi connectivity index (χ0v) is 11.5. The molecule has 1 atom stereocenters. The number of aromatic nitrogens is 1. The van der Waals surface area contributed by atoms with Crippen molar-refractivity contribution in [3.8, 4) is 0 Å². The summed E-state index contributed by atoms with van der Waals surface area (Å²) in [7, 11) is 2.14. The monoisotopic (exact) mass is 240 g/mol. The molecule has 1 rings (SSSR count). The molecule has 1 heterocycles. The molecule has 0 radical (unpaired) electrons. The second-order valence-corrected chi connectivity index (χ2v) is 5.83. The molecule has 0 spiro atoms. The fraction of sp³-hybridized carbons (Fsp3) is 0.615. The Bertz CT molecular complexity index is 327. The molecule has 0 fully saturated rings. The van der Waals surface area contributed by atoms with Gasteiger partial charge in [-0.25, -0.2) is 4.98 Å². The van der Waals surface area contributed by atoms with Crippen LogP contribution in [0.15, 0.2) is 18.3 Å². The molecule has 0 amide bonds. The predicted molar refractivity (Wildman–Crippen MR) is 69.6 cm³/mol. The third kappa shape index (κ3) is 3.76. The van der Waals surface area contributed by atoms with E-state index < -0.39 is 0 Å². The Balaban J connectivity index is 2.64. The van der Waals surface area contributed by atoms with Gasteiger partial charge in [0.15, 0.2) is 0 Å². The lowest BCUT2D eigenvalue weighted by Gasteiger charge is -2.35. The predicted octanol–water partition coefficient (Wildman–Crippen LogP) is 3.60. The number of halogens is 1. The molecule has 0 N–H and O–H groups in total. The molecule has 90 valence electrons. The smallest absolute Gasteiger partial charge is 0.129 e. The summed E-state index contributed by atoms with van der Waals surface area (Å²) >= 11 is 5.76. The molecule has 0 saturated heterocycles. The fourth-order valence-corrected chi connectivity index (χ4v) is 1.70. The van der Waals surface area contributed by atoms with Crippen LogP contribution in [0.25, 0.3) is 0 Å². The molecule has 0 aromatic carbocycles. The highest BCUT2D eigenvalue weighted by molar-refractivity contribution is 6.29. The quantitative estimate of drug-likeness (QED) is 0.751. The number of hydrogen-bond acceptors (Lipinski definition) is 2. The summed E-state index contributed by atoms with van der Waals surface area (Å²) in [5.41, 5.74) is 1.48. The van der Waals surface area contributed by atoms with Crippen molar-refractivity contribution in [1.82, 2.24) is 9.88 Å². The van der Waals surface area contributed by atoms with Crippen molar-refractivity contribution in [2.24, 2.45) is 5.41 Å². The van der Waals surface area contributed by atoms with Gasteiger partial charge in [0.2, 0.25) is 0 Å². The average molecular weight is 241 g/mol. The number of pyridine rings is 1. The van der Waals surface area contributed by atoms with E-state index in [0.29, 0.717) is 11.2 Å². The summed E-state index contributed by atoms with van der Waals surface area (Å²) in [6.45, 7) is 9.93. The van der Waals surface area contributed by atoms with E-state index in [1.165, 1.54) is 5.56 Å². The largest absolute Gasteiger partial charge is 0.299 e. The van der Waals surface area contributed by atoms with Crippen LogP contribution >= 0.6 is 11.6 Å². The van der Waals surface area contributed by atoms with E-state index in [0.717, 1.165) is 6.54 Å². The first-order valence-electron chi connectivity index (χ1n) is 5.61. The standard InChI is InChI=1S/C13H21ClN2/c1-10(13(2,3)4)16(5)9-11-6-7-12(14)15-8-11/h6-8,10H,9H2,1-5H3. The summed E-state index contributed by atoms with van der Waals surface area (Å²) in [5, 5.41) is 0.551. The number of rotatable bonds is 3. The highest BCUT2D eigenvalue weighted by Crippen LogP contribution is 2.24. The van der Waals surface area contributed by atoms with Gasteiger partial charge in [-0.15, -0.1) is 0 Å². The van der Waals surface area contributed by atoms with Crippen molar-refractivity contribution in [2.75, 3.05) is 7.05 Å². The molecule has 2 nitrogen and oxygen atoms in total. The lowest BCUT2D eigenvalue weighted by Crippen LogP contribution is -2.38. The Morgan fingerprint density at radius 1 is 1.38 bits per heavy atom. The van der Waals surface area contributed by atoms with E-state index in [9.17, 15) is 0 Å². The molecule has 1 aromatic rings. The third-order valence-corrected chi connectivity index (χ3v) is 3.36. The molecule has 0 aliphatic rings. The molecular weight excluding hydrogens is 220 g/mol. The Kier molecular flexibility index (Phi) is 4.34. The van der Waals surface area contributed by atoms with Crippen molar-refractivity contribution in [3.63, 3.8) is 0 Å². The van der Waals surface area contributed by atoms with Crippen LogP contribution in [0.4, 0.5) is 0 Å². The molecule has 16 heavy (non-hydrogen) atoms. The van der Waals surface area contributed by atoms with Crippen LogP contribution in [-0.2, 0) is 6.54 Å². The van der Waals surface area contributed by atoms with Crippen LogP contribution in [0.1, 0.15) is 33.3 Å². The number of nitrogens with zero attached hydrogens (tertiary/aromatic N) is 2. The van der Waals surface area contributed by atoms with E-state index in [4.69, 9.17) is 11.6 Å². The molecule has 0 aliphatic carbocycles. The van der Waals surface area contributed by atoms with E-state index in [-0.39, 0.29) is 5.41 Å². The first-order chi connectivity index (χ1) is 7.30. The Hall–Kier alpha value is -0.600. The lowest BCUT2D eigenvalue weighted by molar-refractivity contribution is 0.134. The van der Waals surface area contributed by atoms with Crippen molar-refractivity contribution < 1.29 is 0 Å². The average Bonchev–Trinajstić information content (AvgIpc) is 2.19. The summed E-state index contributed by atoms with van der Waals surface area (Å²) in [4.78, 5) is 6.43. The Morgan fingerprint density at radius 3 is 2.44 bits per heavy atom. The maximum absolute atomic E-state index is 5.76. The lowest BCUT2D eigenvalue weighted by atomic mass is 9.87. The van der Waals surface area contributed by atoms with E-state index in [2.05, 4.69) is 44.6 Å².